The maximum atomic E-state index is 12.2. The summed E-state index contributed by atoms with van der Waals surface area (Å²) in [7, 11) is 0. The minimum atomic E-state index is -0.169. The number of benzene rings is 2. The van der Waals surface area contributed by atoms with E-state index in [0.717, 1.165) is 20.6 Å². The van der Waals surface area contributed by atoms with Crippen LogP contribution in [0.4, 0.5) is 5.13 Å². The van der Waals surface area contributed by atoms with Crippen molar-refractivity contribution in [3.63, 3.8) is 0 Å². The number of hydrogen-bond donors (Lipinski definition) is 1. The SMILES string of the molecule is O=C(Nc1nc(-c2ccc3c(c2)OCO3)cs1)c1ccc(I)cc1. The zero-order valence-electron chi connectivity index (χ0n) is 12.3. The third-order valence-corrected chi connectivity index (χ3v) is 4.98. The van der Waals surface area contributed by atoms with Crippen LogP contribution in [-0.4, -0.2) is 17.7 Å². The highest BCUT2D eigenvalue weighted by Gasteiger charge is 2.15. The molecule has 24 heavy (non-hydrogen) atoms. The quantitative estimate of drug-likeness (QED) is 0.602. The lowest BCUT2D eigenvalue weighted by atomic mass is 10.1. The van der Waals surface area contributed by atoms with Crippen LogP contribution in [-0.2, 0) is 0 Å². The number of thiazole rings is 1. The van der Waals surface area contributed by atoms with Gasteiger partial charge in [0, 0.05) is 20.1 Å². The Morgan fingerprint density at radius 1 is 1.12 bits per heavy atom. The second kappa shape index (κ2) is 6.40. The van der Waals surface area contributed by atoms with Crippen LogP contribution >= 0.6 is 33.9 Å². The Labute approximate surface area is 155 Å². The number of ether oxygens (including phenoxy) is 2. The molecule has 0 radical (unpaired) electrons. The Hall–Kier alpha value is -2.13. The molecule has 3 aromatic rings. The predicted molar refractivity (Wildman–Crippen MR) is 101 cm³/mol. The van der Waals surface area contributed by atoms with E-state index in [9.17, 15) is 4.79 Å². The van der Waals surface area contributed by atoms with Crippen molar-refractivity contribution in [3.05, 3.63) is 57.0 Å². The van der Waals surface area contributed by atoms with E-state index < -0.39 is 0 Å². The molecule has 120 valence electrons. The fraction of sp³-hybridized carbons (Fsp3) is 0.0588. The average molecular weight is 450 g/mol. The van der Waals surface area contributed by atoms with Gasteiger partial charge in [-0.2, -0.15) is 0 Å². The van der Waals surface area contributed by atoms with Crippen LogP contribution in [0, 0.1) is 3.57 Å². The summed E-state index contributed by atoms with van der Waals surface area (Å²) < 4.78 is 11.8. The molecule has 0 aliphatic carbocycles. The maximum absolute atomic E-state index is 12.2. The molecule has 1 N–H and O–H groups in total. The van der Waals surface area contributed by atoms with Gasteiger partial charge >= 0.3 is 0 Å². The number of hydrogen-bond acceptors (Lipinski definition) is 5. The summed E-state index contributed by atoms with van der Waals surface area (Å²) in [6.45, 7) is 0.243. The Morgan fingerprint density at radius 3 is 2.75 bits per heavy atom. The van der Waals surface area contributed by atoms with Crippen LogP contribution in [0.5, 0.6) is 11.5 Å². The summed E-state index contributed by atoms with van der Waals surface area (Å²) in [6.07, 6.45) is 0. The average Bonchev–Trinajstić information content (AvgIpc) is 3.23. The van der Waals surface area contributed by atoms with Crippen molar-refractivity contribution in [1.82, 2.24) is 4.98 Å². The third kappa shape index (κ3) is 3.09. The first-order chi connectivity index (χ1) is 11.7. The number of carbonyl (C=O) groups is 1. The Bertz CT molecular complexity index is 908. The standard InChI is InChI=1S/C17H11IN2O3S/c18-12-4-1-10(2-5-12)16(21)20-17-19-13(8-24-17)11-3-6-14-15(7-11)23-9-22-14/h1-8H,9H2,(H,19,20,21). The van der Waals surface area contributed by atoms with Crippen molar-refractivity contribution >= 4 is 45.0 Å². The summed E-state index contributed by atoms with van der Waals surface area (Å²) in [5.41, 5.74) is 2.32. The molecule has 0 unspecified atom stereocenters. The minimum absolute atomic E-state index is 0.169. The van der Waals surface area contributed by atoms with Crippen LogP contribution in [0.15, 0.2) is 47.8 Å². The van der Waals surface area contributed by atoms with E-state index >= 15 is 0 Å². The fourth-order valence-corrected chi connectivity index (χ4v) is 3.36. The molecule has 0 fully saturated rings. The predicted octanol–water partition coefficient (Wildman–Crippen LogP) is 4.40. The molecule has 1 aliphatic rings. The second-order valence-electron chi connectivity index (χ2n) is 5.07. The highest BCUT2D eigenvalue weighted by atomic mass is 127. The van der Waals surface area contributed by atoms with Crippen LogP contribution in [0.2, 0.25) is 0 Å². The molecule has 1 aliphatic heterocycles. The third-order valence-electron chi connectivity index (χ3n) is 3.50. The Balaban J connectivity index is 1.52. The minimum Gasteiger partial charge on any atom is -0.454 e. The molecule has 7 heteroatoms. The summed E-state index contributed by atoms with van der Waals surface area (Å²) in [6, 6.07) is 13.1. The maximum Gasteiger partial charge on any atom is 0.257 e. The van der Waals surface area contributed by atoms with Gasteiger partial charge in [-0.25, -0.2) is 4.98 Å². The number of aromatic nitrogens is 1. The number of halogens is 1. The molecule has 1 amide bonds. The van der Waals surface area contributed by atoms with Crippen molar-refractivity contribution in [2.24, 2.45) is 0 Å². The van der Waals surface area contributed by atoms with E-state index in [1.807, 2.05) is 35.7 Å². The Kier molecular flexibility index (Phi) is 4.11. The Morgan fingerprint density at radius 2 is 1.92 bits per heavy atom. The van der Waals surface area contributed by atoms with Gasteiger partial charge in [0.15, 0.2) is 16.6 Å². The first-order valence-electron chi connectivity index (χ1n) is 7.11. The van der Waals surface area contributed by atoms with Gasteiger partial charge in [-0.15, -0.1) is 11.3 Å². The fourth-order valence-electron chi connectivity index (χ4n) is 2.29. The number of fused-ring (bicyclic) bond motifs is 1. The molecule has 2 heterocycles. The lowest BCUT2D eigenvalue weighted by molar-refractivity contribution is 0.102. The largest absolute Gasteiger partial charge is 0.454 e. The number of nitrogens with one attached hydrogen (secondary N) is 1. The zero-order valence-corrected chi connectivity index (χ0v) is 15.3. The molecule has 4 rings (SSSR count). The van der Waals surface area contributed by atoms with Crippen molar-refractivity contribution in [2.45, 2.75) is 0 Å². The summed E-state index contributed by atoms with van der Waals surface area (Å²) >= 11 is 3.59. The number of rotatable bonds is 3. The smallest absolute Gasteiger partial charge is 0.257 e. The van der Waals surface area contributed by atoms with Gasteiger partial charge in [0.25, 0.3) is 5.91 Å². The number of carbonyl (C=O) groups excluding carboxylic acids is 1. The molecule has 0 spiro atoms. The van der Waals surface area contributed by atoms with Gasteiger partial charge in [-0.1, -0.05) is 0 Å². The van der Waals surface area contributed by atoms with Gasteiger partial charge in [0.1, 0.15) is 0 Å². The summed E-state index contributed by atoms with van der Waals surface area (Å²) in [4.78, 5) is 16.7. The molecule has 1 aromatic heterocycles. The van der Waals surface area contributed by atoms with Crippen LogP contribution in [0.25, 0.3) is 11.3 Å². The monoisotopic (exact) mass is 450 g/mol. The molecule has 0 saturated carbocycles. The van der Waals surface area contributed by atoms with E-state index in [1.54, 1.807) is 12.1 Å². The van der Waals surface area contributed by atoms with Gasteiger partial charge in [-0.05, 0) is 65.1 Å². The topological polar surface area (TPSA) is 60.5 Å². The van der Waals surface area contributed by atoms with Crippen molar-refractivity contribution in [3.8, 4) is 22.8 Å². The lowest BCUT2D eigenvalue weighted by Gasteiger charge is -2.02. The van der Waals surface area contributed by atoms with Gasteiger partial charge in [0.2, 0.25) is 6.79 Å². The molecule has 0 bridgehead atoms. The number of anilines is 1. The van der Waals surface area contributed by atoms with E-state index in [0.29, 0.717) is 16.4 Å². The van der Waals surface area contributed by atoms with Gasteiger partial charge < -0.3 is 9.47 Å². The van der Waals surface area contributed by atoms with Crippen molar-refractivity contribution in [1.29, 1.82) is 0 Å². The molecule has 2 aromatic carbocycles. The number of nitrogens with zero attached hydrogens (tertiary/aromatic N) is 1. The number of amides is 1. The van der Waals surface area contributed by atoms with Crippen molar-refractivity contribution < 1.29 is 14.3 Å². The van der Waals surface area contributed by atoms with Crippen LogP contribution in [0.1, 0.15) is 10.4 Å². The molecule has 0 atom stereocenters. The van der Waals surface area contributed by atoms with Crippen LogP contribution in [0.3, 0.4) is 0 Å². The summed E-state index contributed by atoms with van der Waals surface area (Å²) in [5, 5.41) is 5.30. The highest BCUT2D eigenvalue weighted by Crippen LogP contribution is 2.36. The molecular weight excluding hydrogens is 439 g/mol. The molecule has 0 saturated heterocycles. The van der Waals surface area contributed by atoms with E-state index in [-0.39, 0.29) is 12.7 Å². The van der Waals surface area contributed by atoms with E-state index in [4.69, 9.17) is 9.47 Å². The lowest BCUT2D eigenvalue weighted by Crippen LogP contribution is -2.11. The van der Waals surface area contributed by atoms with Crippen molar-refractivity contribution in [2.75, 3.05) is 12.1 Å². The first-order valence-corrected chi connectivity index (χ1v) is 9.07. The second-order valence-corrected chi connectivity index (χ2v) is 7.17. The first kappa shape index (κ1) is 15.4. The van der Waals surface area contributed by atoms with Crippen LogP contribution < -0.4 is 14.8 Å². The highest BCUT2D eigenvalue weighted by molar-refractivity contribution is 14.1. The van der Waals surface area contributed by atoms with Gasteiger partial charge in [-0.3, -0.25) is 10.1 Å². The molecular formula is C17H11IN2O3S. The molecule has 5 nitrogen and oxygen atoms in total. The normalized spacial score (nSPS) is 12.2. The van der Waals surface area contributed by atoms with E-state index in [2.05, 4.69) is 32.9 Å². The summed E-state index contributed by atoms with van der Waals surface area (Å²) in [5.74, 6) is 1.28. The van der Waals surface area contributed by atoms with Gasteiger partial charge in [0.05, 0.1) is 5.69 Å². The zero-order chi connectivity index (χ0) is 16.5. The van der Waals surface area contributed by atoms with E-state index in [1.165, 1.54) is 11.3 Å².